The van der Waals surface area contributed by atoms with E-state index in [2.05, 4.69) is 11.1 Å². The Morgan fingerprint density at radius 3 is 3.00 bits per heavy atom. The van der Waals surface area contributed by atoms with E-state index in [0.29, 0.717) is 11.3 Å². The molecule has 5 nitrogen and oxygen atoms in total. The molecule has 0 saturated carbocycles. The fraction of sp³-hybridized carbons (Fsp3) is 0.100. The predicted octanol–water partition coefficient (Wildman–Crippen LogP) is 1.43. The maximum absolute atomic E-state index is 12.1. The van der Waals surface area contributed by atoms with Gasteiger partial charge in [-0.2, -0.15) is 0 Å². The first-order chi connectivity index (χ1) is 12.2. The quantitative estimate of drug-likeness (QED) is 0.731. The van der Waals surface area contributed by atoms with Crippen molar-refractivity contribution < 1.29 is 14.3 Å². The summed E-state index contributed by atoms with van der Waals surface area (Å²) < 4.78 is 11.3. The number of ether oxygens (including phenoxy) is 2. The van der Waals surface area contributed by atoms with Crippen molar-refractivity contribution in [2.75, 3.05) is 7.11 Å². The highest BCUT2D eigenvalue weighted by Gasteiger charge is 2.42. The van der Waals surface area contributed by atoms with Gasteiger partial charge in [-0.3, -0.25) is 4.99 Å². The third-order valence-electron chi connectivity index (χ3n) is 4.76. The summed E-state index contributed by atoms with van der Waals surface area (Å²) in [6.07, 6.45) is 17.5. The van der Waals surface area contributed by atoms with Gasteiger partial charge in [0.25, 0.3) is 0 Å². The van der Waals surface area contributed by atoms with E-state index in [-0.39, 0.29) is 0 Å². The number of rotatable bonds is 1. The van der Waals surface area contributed by atoms with Crippen LogP contribution in [-0.2, 0) is 9.53 Å². The number of carbonyl (C=O) groups excluding carboxylic acids is 1. The number of hydrogen-bond donors (Lipinski definition) is 0. The topological polar surface area (TPSA) is 51.1 Å². The Balaban J connectivity index is 1.82. The van der Waals surface area contributed by atoms with Gasteiger partial charge in [-0.25, -0.2) is 4.79 Å². The zero-order valence-corrected chi connectivity index (χ0v) is 13.5. The number of nitrogens with zero attached hydrogens (tertiary/aromatic N) is 2. The second kappa shape index (κ2) is 4.83. The van der Waals surface area contributed by atoms with Gasteiger partial charge in [0.2, 0.25) is 5.72 Å². The standard InChI is InChI=1S/C20H14N2O3/c1-24-19(23)15-12-21-16-6-7-17-14(18(15)16)11-13-5-4-10-22-9-3-2-8-20(13,22)25-17/h2-12H,1H3. The Bertz CT molecular complexity index is 1090. The third kappa shape index (κ3) is 1.78. The Labute approximate surface area is 143 Å². The average Bonchev–Trinajstić information content (AvgIpc) is 3.08. The van der Waals surface area contributed by atoms with Crippen LogP contribution in [0, 0.1) is 0 Å². The van der Waals surface area contributed by atoms with Gasteiger partial charge in [0, 0.05) is 34.6 Å². The minimum atomic E-state index is -0.685. The van der Waals surface area contributed by atoms with Gasteiger partial charge in [-0.05, 0) is 36.4 Å². The lowest BCUT2D eigenvalue weighted by Gasteiger charge is -2.44. The monoisotopic (exact) mass is 330 g/mol. The van der Waals surface area contributed by atoms with E-state index >= 15 is 0 Å². The summed E-state index contributed by atoms with van der Waals surface area (Å²) in [5, 5.41) is 1.61. The number of allylic oxidation sites excluding steroid dienone is 4. The van der Waals surface area contributed by atoms with Crippen molar-refractivity contribution in [3.63, 3.8) is 0 Å². The van der Waals surface area contributed by atoms with Crippen LogP contribution in [0.15, 0.2) is 65.5 Å². The van der Waals surface area contributed by atoms with E-state index in [4.69, 9.17) is 9.47 Å². The molecule has 0 aromatic heterocycles. The highest BCUT2D eigenvalue weighted by Crippen LogP contribution is 2.37. The lowest BCUT2D eigenvalue weighted by molar-refractivity contribution is -0.133. The molecule has 0 fully saturated rings. The number of hydrogen-bond acceptors (Lipinski definition) is 5. The summed E-state index contributed by atoms with van der Waals surface area (Å²) in [6, 6.07) is 3.77. The Morgan fingerprint density at radius 1 is 1.24 bits per heavy atom. The third-order valence-corrected chi connectivity index (χ3v) is 4.76. The predicted molar refractivity (Wildman–Crippen MR) is 94.4 cm³/mol. The molecular weight excluding hydrogens is 316 g/mol. The molecule has 0 bridgehead atoms. The van der Waals surface area contributed by atoms with Crippen molar-refractivity contribution in [1.82, 2.24) is 4.90 Å². The number of methoxy groups -OCH3 is 1. The summed E-state index contributed by atoms with van der Waals surface area (Å²) in [4.78, 5) is 18.5. The fourth-order valence-corrected chi connectivity index (χ4v) is 3.59. The van der Waals surface area contributed by atoms with E-state index in [9.17, 15) is 4.79 Å². The fourth-order valence-electron chi connectivity index (χ4n) is 3.59. The van der Waals surface area contributed by atoms with Gasteiger partial charge in [0.05, 0.1) is 18.4 Å². The first-order valence-corrected chi connectivity index (χ1v) is 7.97. The van der Waals surface area contributed by atoms with E-state index < -0.39 is 11.7 Å². The number of carbonyl (C=O) groups is 1. The molecule has 0 amide bonds. The molecule has 1 aromatic rings. The van der Waals surface area contributed by atoms with E-state index in [1.165, 1.54) is 7.11 Å². The van der Waals surface area contributed by atoms with Crippen LogP contribution < -0.4 is 15.2 Å². The zero-order chi connectivity index (χ0) is 17.0. The van der Waals surface area contributed by atoms with Crippen LogP contribution in [0.1, 0.15) is 0 Å². The van der Waals surface area contributed by atoms with Crippen LogP contribution in [-0.4, -0.2) is 29.9 Å². The van der Waals surface area contributed by atoms with Crippen LogP contribution >= 0.6 is 0 Å². The second-order valence-corrected chi connectivity index (χ2v) is 6.05. The van der Waals surface area contributed by atoms with E-state index in [0.717, 1.165) is 21.7 Å². The van der Waals surface area contributed by atoms with Crippen LogP contribution in [0.5, 0.6) is 5.75 Å². The molecule has 4 aliphatic rings. The lowest BCUT2D eigenvalue weighted by Crippen LogP contribution is -2.53. The molecule has 5 heteroatoms. The van der Waals surface area contributed by atoms with Crippen LogP contribution in [0.25, 0.3) is 11.6 Å². The highest BCUT2D eigenvalue weighted by molar-refractivity contribution is 6.34. The molecule has 1 aromatic carbocycles. The molecule has 4 heterocycles. The molecule has 25 heavy (non-hydrogen) atoms. The van der Waals surface area contributed by atoms with Gasteiger partial charge >= 0.3 is 5.97 Å². The van der Waals surface area contributed by atoms with Crippen molar-refractivity contribution in [2.24, 2.45) is 4.99 Å². The molecular formula is C20H14N2O3. The van der Waals surface area contributed by atoms with Gasteiger partial charge in [0.15, 0.2) is 0 Å². The molecule has 4 aliphatic heterocycles. The van der Waals surface area contributed by atoms with E-state index in [1.54, 1.807) is 6.21 Å². The zero-order valence-electron chi connectivity index (χ0n) is 13.5. The SMILES string of the molecule is COC(=O)C1=c2c(ccc3c2=CC2=CC=CN4C=CC=CC24O3)N=C1. The minimum absolute atomic E-state index is 0.399. The van der Waals surface area contributed by atoms with Crippen molar-refractivity contribution in [1.29, 1.82) is 0 Å². The number of benzene rings is 1. The first-order valence-electron chi connectivity index (χ1n) is 7.97. The maximum Gasteiger partial charge on any atom is 0.340 e. The number of esters is 1. The van der Waals surface area contributed by atoms with Crippen molar-refractivity contribution >= 4 is 29.5 Å². The van der Waals surface area contributed by atoms with Gasteiger partial charge in [-0.1, -0.05) is 12.2 Å². The largest absolute Gasteiger partial charge is 0.465 e. The Morgan fingerprint density at radius 2 is 2.12 bits per heavy atom. The highest BCUT2D eigenvalue weighted by atomic mass is 16.5. The first kappa shape index (κ1) is 14.0. The average molecular weight is 330 g/mol. The summed E-state index contributed by atoms with van der Waals surface area (Å²) in [5.41, 5.74) is 1.51. The number of aliphatic imine (C=N–C) groups is 1. The van der Waals surface area contributed by atoms with Gasteiger partial charge < -0.3 is 14.4 Å². The van der Waals surface area contributed by atoms with Gasteiger partial charge in [0.1, 0.15) is 5.75 Å². The van der Waals surface area contributed by atoms with Crippen molar-refractivity contribution in [3.8, 4) is 5.75 Å². The number of fused-ring (bicyclic) bond motifs is 3. The summed E-state index contributed by atoms with van der Waals surface area (Å²) in [7, 11) is 1.37. The van der Waals surface area contributed by atoms with Crippen LogP contribution in [0.3, 0.4) is 0 Å². The molecule has 122 valence electrons. The summed E-state index contributed by atoms with van der Waals surface area (Å²) in [6.45, 7) is 0. The second-order valence-electron chi connectivity index (χ2n) is 6.05. The van der Waals surface area contributed by atoms with Gasteiger partial charge in [-0.15, -0.1) is 0 Å². The normalized spacial score (nSPS) is 23.8. The smallest absolute Gasteiger partial charge is 0.340 e. The van der Waals surface area contributed by atoms with Crippen molar-refractivity contribution in [2.45, 2.75) is 5.72 Å². The molecule has 0 N–H and O–H groups in total. The lowest BCUT2D eigenvalue weighted by atomic mass is 9.91. The maximum atomic E-state index is 12.1. The minimum Gasteiger partial charge on any atom is -0.465 e. The van der Waals surface area contributed by atoms with Crippen LogP contribution in [0.2, 0.25) is 0 Å². The molecule has 1 atom stereocenters. The van der Waals surface area contributed by atoms with Crippen LogP contribution in [0.4, 0.5) is 5.69 Å². The van der Waals surface area contributed by atoms with Crippen molar-refractivity contribution in [3.05, 3.63) is 70.9 Å². The summed E-state index contributed by atoms with van der Waals surface area (Å²) >= 11 is 0. The van der Waals surface area contributed by atoms with E-state index in [1.807, 2.05) is 59.8 Å². The molecule has 5 rings (SSSR count). The molecule has 0 aliphatic carbocycles. The molecule has 1 spiro atoms. The molecule has 0 radical (unpaired) electrons. The molecule has 1 unspecified atom stereocenters. The Kier molecular flexibility index (Phi) is 2.71. The molecule has 0 saturated heterocycles. The summed E-state index contributed by atoms with van der Waals surface area (Å²) in [5.74, 6) is 0.312. The Hall–Kier alpha value is -3.34.